The smallest absolute Gasteiger partial charge is 0.263 e. The van der Waals surface area contributed by atoms with Gasteiger partial charge in [-0.1, -0.05) is 24.6 Å². The molecule has 1 amide bonds. The third-order valence-corrected chi connectivity index (χ3v) is 5.35. The molecule has 0 N–H and O–H groups in total. The minimum absolute atomic E-state index is 0.0546. The van der Waals surface area contributed by atoms with Gasteiger partial charge >= 0.3 is 0 Å². The van der Waals surface area contributed by atoms with Crippen LogP contribution in [0.3, 0.4) is 0 Å². The summed E-state index contributed by atoms with van der Waals surface area (Å²) in [6, 6.07) is 9.29. The number of unbranched alkanes of at least 4 members (excludes halogenated alkanes) is 1. The number of rotatable bonds is 8. The summed E-state index contributed by atoms with van der Waals surface area (Å²) in [5.74, 6) is 2.45. The van der Waals surface area contributed by atoms with Crippen LogP contribution in [0.5, 0.6) is 11.5 Å². The molecule has 4 rings (SSSR count). The molecule has 3 heterocycles. The van der Waals surface area contributed by atoms with Crippen molar-refractivity contribution < 1.29 is 18.8 Å². The highest BCUT2D eigenvalue weighted by atomic mass is 32.1. The van der Waals surface area contributed by atoms with E-state index >= 15 is 0 Å². The maximum Gasteiger partial charge on any atom is 0.263 e. The van der Waals surface area contributed by atoms with Crippen molar-refractivity contribution in [2.75, 3.05) is 19.9 Å². The number of benzene rings is 1. The number of ether oxygens (including phenoxy) is 2. The number of thiophene rings is 1. The Bertz CT molecular complexity index is 939. The van der Waals surface area contributed by atoms with E-state index in [9.17, 15) is 4.79 Å². The minimum Gasteiger partial charge on any atom is -0.454 e. The Hall–Kier alpha value is -2.87. The third kappa shape index (κ3) is 4.01. The van der Waals surface area contributed by atoms with Crippen LogP contribution in [0.4, 0.5) is 0 Å². The molecule has 1 aliphatic rings. The monoisotopic (exact) mass is 399 g/mol. The number of nitrogens with zero attached hydrogens (tertiary/aromatic N) is 3. The molecule has 1 aliphatic heterocycles. The molecule has 8 heteroatoms. The highest BCUT2D eigenvalue weighted by molar-refractivity contribution is 7.12. The van der Waals surface area contributed by atoms with Gasteiger partial charge in [-0.3, -0.25) is 4.79 Å². The number of aromatic nitrogens is 2. The fraction of sp³-hybridized carbons (Fsp3) is 0.350. The molecule has 0 bridgehead atoms. The van der Waals surface area contributed by atoms with Crippen LogP contribution in [0.1, 0.15) is 35.3 Å². The van der Waals surface area contributed by atoms with Gasteiger partial charge in [0, 0.05) is 25.1 Å². The van der Waals surface area contributed by atoms with E-state index in [1.54, 1.807) is 0 Å². The Morgan fingerprint density at radius 1 is 1.21 bits per heavy atom. The first-order chi connectivity index (χ1) is 13.7. The van der Waals surface area contributed by atoms with Crippen molar-refractivity contribution in [3.8, 4) is 22.9 Å². The number of carbonyl (C=O) groups is 1. The van der Waals surface area contributed by atoms with E-state index < -0.39 is 0 Å². The fourth-order valence-electron chi connectivity index (χ4n) is 2.96. The molecule has 0 saturated carbocycles. The van der Waals surface area contributed by atoms with Gasteiger partial charge < -0.3 is 18.9 Å². The van der Waals surface area contributed by atoms with Crippen molar-refractivity contribution in [2.24, 2.45) is 0 Å². The molecule has 0 aliphatic carbocycles. The standard InChI is InChI=1S/C20H21N3O4S/c1-2-3-9-23(20(24)17-5-4-11-28-17)10-8-18-21-19(22-27-18)14-6-7-15-16(12-14)26-13-25-15/h4-7,11-12H,2-3,8-10,13H2,1H3. The topological polar surface area (TPSA) is 77.7 Å². The summed E-state index contributed by atoms with van der Waals surface area (Å²) in [6.45, 7) is 3.60. The Morgan fingerprint density at radius 3 is 2.93 bits per heavy atom. The normalized spacial score (nSPS) is 12.3. The number of amides is 1. The number of hydrogen-bond donors (Lipinski definition) is 0. The van der Waals surface area contributed by atoms with E-state index in [1.807, 2.05) is 40.6 Å². The first-order valence-electron chi connectivity index (χ1n) is 9.30. The molecule has 28 heavy (non-hydrogen) atoms. The zero-order chi connectivity index (χ0) is 19.3. The number of hydrogen-bond acceptors (Lipinski definition) is 7. The molecule has 146 valence electrons. The quantitative estimate of drug-likeness (QED) is 0.569. The summed E-state index contributed by atoms with van der Waals surface area (Å²) < 4.78 is 16.1. The predicted octanol–water partition coefficient (Wildman–Crippen LogP) is 4.01. The highest BCUT2D eigenvalue weighted by Gasteiger charge is 2.19. The van der Waals surface area contributed by atoms with Crippen molar-refractivity contribution in [2.45, 2.75) is 26.2 Å². The average Bonchev–Trinajstić information content (AvgIpc) is 3.48. The molecular formula is C20H21N3O4S. The summed E-state index contributed by atoms with van der Waals surface area (Å²) >= 11 is 1.46. The molecule has 7 nitrogen and oxygen atoms in total. The molecule has 1 aromatic carbocycles. The largest absolute Gasteiger partial charge is 0.454 e. The van der Waals surface area contributed by atoms with E-state index in [-0.39, 0.29) is 12.7 Å². The van der Waals surface area contributed by atoms with Gasteiger partial charge in [0.2, 0.25) is 18.5 Å². The number of fused-ring (bicyclic) bond motifs is 1. The molecule has 2 aromatic heterocycles. The van der Waals surface area contributed by atoms with Gasteiger partial charge in [-0.05, 0) is 36.1 Å². The predicted molar refractivity (Wildman–Crippen MR) is 105 cm³/mol. The Labute approximate surface area is 166 Å². The molecule has 0 radical (unpaired) electrons. The van der Waals surface area contributed by atoms with Gasteiger partial charge in [0.25, 0.3) is 5.91 Å². The van der Waals surface area contributed by atoms with Crippen LogP contribution in [-0.4, -0.2) is 40.8 Å². The van der Waals surface area contributed by atoms with E-state index in [2.05, 4.69) is 17.1 Å². The molecule has 0 unspecified atom stereocenters. The lowest BCUT2D eigenvalue weighted by atomic mass is 10.2. The van der Waals surface area contributed by atoms with Gasteiger partial charge in [0.15, 0.2) is 11.5 Å². The van der Waals surface area contributed by atoms with Crippen molar-refractivity contribution in [3.63, 3.8) is 0 Å². The van der Waals surface area contributed by atoms with E-state index in [0.717, 1.165) is 29.8 Å². The second-order valence-electron chi connectivity index (χ2n) is 6.45. The Balaban J connectivity index is 1.42. The van der Waals surface area contributed by atoms with Crippen molar-refractivity contribution in [1.29, 1.82) is 0 Å². The lowest BCUT2D eigenvalue weighted by molar-refractivity contribution is 0.0756. The summed E-state index contributed by atoms with van der Waals surface area (Å²) in [5, 5.41) is 5.98. The third-order valence-electron chi connectivity index (χ3n) is 4.50. The zero-order valence-electron chi connectivity index (χ0n) is 15.6. The summed E-state index contributed by atoms with van der Waals surface area (Å²) in [5.41, 5.74) is 0.803. The lowest BCUT2D eigenvalue weighted by Gasteiger charge is -2.21. The molecule has 0 atom stereocenters. The summed E-state index contributed by atoms with van der Waals surface area (Å²) in [7, 11) is 0. The van der Waals surface area contributed by atoms with Crippen molar-refractivity contribution in [1.82, 2.24) is 15.0 Å². The molecule has 0 spiro atoms. The minimum atomic E-state index is 0.0546. The van der Waals surface area contributed by atoms with Crippen LogP contribution in [-0.2, 0) is 6.42 Å². The molecule has 0 saturated heterocycles. The molecule has 0 fully saturated rings. The maximum atomic E-state index is 12.7. The van der Waals surface area contributed by atoms with Gasteiger partial charge in [0.1, 0.15) is 0 Å². The summed E-state index contributed by atoms with van der Waals surface area (Å²) in [6.07, 6.45) is 2.50. The maximum absolute atomic E-state index is 12.7. The SMILES string of the molecule is CCCCN(CCc1nc(-c2ccc3c(c2)OCO3)no1)C(=O)c1cccs1. The molecular weight excluding hydrogens is 378 g/mol. The average molecular weight is 399 g/mol. The summed E-state index contributed by atoms with van der Waals surface area (Å²) in [4.78, 5) is 19.8. The van der Waals surface area contributed by atoms with Gasteiger partial charge in [-0.2, -0.15) is 4.98 Å². The Kier molecular flexibility index (Phi) is 5.57. The lowest BCUT2D eigenvalue weighted by Crippen LogP contribution is -2.33. The van der Waals surface area contributed by atoms with Crippen molar-refractivity contribution >= 4 is 17.2 Å². The van der Waals surface area contributed by atoms with Crippen molar-refractivity contribution in [3.05, 3.63) is 46.5 Å². The van der Waals surface area contributed by atoms with Gasteiger partial charge in [-0.15, -0.1) is 11.3 Å². The van der Waals surface area contributed by atoms with E-state index in [0.29, 0.717) is 36.2 Å². The molecule has 3 aromatic rings. The number of carbonyl (C=O) groups excluding carboxylic acids is 1. The van der Waals surface area contributed by atoms with Crippen LogP contribution in [0.2, 0.25) is 0 Å². The Morgan fingerprint density at radius 2 is 2.11 bits per heavy atom. The van der Waals surface area contributed by atoms with Crippen LogP contribution >= 0.6 is 11.3 Å². The van der Waals surface area contributed by atoms with Crippen LogP contribution in [0.15, 0.2) is 40.2 Å². The second-order valence-corrected chi connectivity index (χ2v) is 7.40. The van der Waals surface area contributed by atoms with E-state index in [1.165, 1.54) is 11.3 Å². The second kappa shape index (κ2) is 8.43. The van der Waals surface area contributed by atoms with Crippen LogP contribution in [0, 0.1) is 0 Å². The fourth-order valence-corrected chi connectivity index (χ4v) is 3.65. The highest BCUT2D eigenvalue weighted by Crippen LogP contribution is 2.35. The first kappa shape index (κ1) is 18.5. The van der Waals surface area contributed by atoms with Gasteiger partial charge in [0.05, 0.1) is 4.88 Å². The van der Waals surface area contributed by atoms with Crippen LogP contribution < -0.4 is 9.47 Å². The van der Waals surface area contributed by atoms with E-state index in [4.69, 9.17) is 14.0 Å². The van der Waals surface area contributed by atoms with Crippen LogP contribution in [0.25, 0.3) is 11.4 Å². The first-order valence-corrected chi connectivity index (χ1v) is 10.2. The van der Waals surface area contributed by atoms with Gasteiger partial charge in [-0.25, -0.2) is 0 Å². The zero-order valence-corrected chi connectivity index (χ0v) is 16.4.